The van der Waals surface area contributed by atoms with Crippen molar-refractivity contribution >= 4 is 17.7 Å². The van der Waals surface area contributed by atoms with Crippen LogP contribution in [0.2, 0.25) is 0 Å². The third-order valence-corrected chi connectivity index (χ3v) is 7.55. The molecule has 0 spiro atoms. The van der Waals surface area contributed by atoms with Gasteiger partial charge in [0, 0.05) is 55.3 Å². The van der Waals surface area contributed by atoms with Gasteiger partial charge >= 0.3 is 0 Å². The summed E-state index contributed by atoms with van der Waals surface area (Å²) in [6.45, 7) is 2.23. The molecule has 6 rings (SSSR count). The monoisotopic (exact) mass is 460 g/mol. The van der Waals surface area contributed by atoms with E-state index in [1.165, 1.54) is 5.01 Å². The zero-order valence-electron chi connectivity index (χ0n) is 19.1. The molecule has 176 valence electrons. The number of likely N-dealkylation sites (tertiary alicyclic amines) is 1. The van der Waals surface area contributed by atoms with Crippen molar-refractivity contribution in [2.75, 3.05) is 13.1 Å². The summed E-state index contributed by atoms with van der Waals surface area (Å²) in [7, 11) is 0. The Balaban J connectivity index is 1.12. The number of hydrogen-bond acceptors (Lipinski definition) is 6. The van der Waals surface area contributed by atoms with E-state index in [2.05, 4.69) is 16.0 Å². The van der Waals surface area contributed by atoms with Gasteiger partial charge in [0.2, 0.25) is 11.8 Å². The number of benzene rings is 1. The summed E-state index contributed by atoms with van der Waals surface area (Å²) in [6.07, 6.45) is 6.36. The van der Waals surface area contributed by atoms with Gasteiger partial charge in [0.1, 0.15) is 11.9 Å². The van der Waals surface area contributed by atoms with E-state index < -0.39 is 0 Å². The molecular formula is C26H28N4O4. The molecule has 1 aliphatic carbocycles. The lowest BCUT2D eigenvalue weighted by Gasteiger charge is -2.44. The van der Waals surface area contributed by atoms with Crippen molar-refractivity contribution in [3.63, 3.8) is 0 Å². The van der Waals surface area contributed by atoms with Gasteiger partial charge in [-0.1, -0.05) is 6.07 Å². The first-order chi connectivity index (χ1) is 16.6. The fourth-order valence-corrected chi connectivity index (χ4v) is 5.75. The Morgan fingerprint density at radius 3 is 2.53 bits per heavy atom. The van der Waals surface area contributed by atoms with E-state index in [0.29, 0.717) is 36.8 Å². The molecule has 2 atom stereocenters. The van der Waals surface area contributed by atoms with Crippen molar-refractivity contribution in [1.82, 2.24) is 19.9 Å². The average Bonchev–Trinajstić information content (AvgIpc) is 3.38. The van der Waals surface area contributed by atoms with Crippen molar-refractivity contribution in [3.05, 3.63) is 59.4 Å². The minimum absolute atomic E-state index is 0.112. The number of rotatable bonds is 5. The van der Waals surface area contributed by atoms with E-state index in [9.17, 15) is 14.4 Å². The molecule has 8 heteroatoms. The smallest absolute Gasteiger partial charge is 0.273 e. The highest BCUT2D eigenvalue weighted by Crippen LogP contribution is 2.37. The fraction of sp³-hybridized carbons (Fsp3) is 0.462. The maximum atomic E-state index is 12.9. The Bertz CT molecular complexity index is 1110. The summed E-state index contributed by atoms with van der Waals surface area (Å²) in [6, 6.07) is 12.0. The van der Waals surface area contributed by atoms with Gasteiger partial charge in [-0.15, -0.1) is 0 Å². The molecule has 8 nitrogen and oxygen atoms in total. The molecule has 0 unspecified atom stereocenters. The van der Waals surface area contributed by atoms with Gasteiger partial charge in [0.25, 0.3) is 5.91 Å². The van der Waals surface area contributed by atoms with Crippen LogP contribution in [0.3, 0.4) is 0 Å². The number of fused-ring (bicyclic) bond motifs is 1. The van der Waals surface area contributed by atoms with Crippen LogP contribution in [-0.4, -0.2) is 62.9 Å². The van der Waals surface area contributed by atoms with Gasteiger partial charge in [0.05, 0.1) is 6.54 Å². The molecular weight excluding hydrogens is 432 g/mol. The normalized spacial score (nSPS) is 25.6. The molecule has 34 heavy (non-hydrogen) atoms. The predicted octanol–water partition coefficient (Wildman–Crippen LogP) is 2.89. The lowest BCUT2D eigenvalue weighted by molar-refractivity contribution is -0.163. The zero-order valence-corrected chi connectivity index (χ0v) is 19.1. The first-order valence-corrected chi connectivity index (χ1v) is 12.2. The molecule has 3 aliphatic heterocycles. The number of hydrogen-bond donors (Lipinski definition) is 0. The second kappa shape index (κ2) is 8.51. The van der Waals surface area contributed by atoms with Crippen LogP contribution in [0.4, 0.5) is 0 Å². The van der Waals surface area contributed by atoms with Crippen LogP contribution in [0.15, 0.2) is 42.6 Å². The van der Waals surface area contributed by atoms with E-state index in [1.54, 1.807) is 6.07 Å². The van der Waals surface area contributed by atoms with E-state index in [0.717, 1.165) is 54.4 Å². The van der Waals surface area contributed by atoms with Crippen molar-refractivity contribution < 1.29 is 19.1 Å². The fourth-order valence-electron chi connectivity index (χ4n) is 5.75. The molecule has 3 fully saturated rings. The minimum Gasteiger partial charge on any atom is -0.489 e. The molecule has 1 aromatic heterocycles. The summed E-state index contributed by atoms with van der Waals surface area (Å²) < 4.78 is 6.43. The number of aromatic nitrogens is 1. The predicted molar refractivity (Wildman–Crippen MR) is 123 cm³/mol. The first-order valence-electron chi connectivity index (χ1n) is 12.2. The molecule has 1 saturated carbocycles. The van der Waals surface area contributed by atoms with E-state index in [1.807, 2.05) is 30.5 Å². The Morgan fingerprint density at radius 2 is 1.76 bits per heavy atom. The van der Waals surface area contributed by atoms with Crippen molar-refractivity contribution in [2.24, 2.45) is 0 Å². The number of carbonyl (C=O) groups is 3. The molecule has 3 amide bonds. The standard InChI is InChI=1S/C26H28N4O4/c31-24-8-4-9-25(32)30(24)29-16-17-13-19(10-11-20(17)26(29)33)34-23-7-3-6-22(23)28-14-18(15-28)21-5-1-2-12-27-21/h1-2,5,10-13,18,22-23H,3-4,6-9,14-16H2/t22-,23-/m1/s1. The molecule has 4 heterocycles. The summed E-state index contributed by atoms with van der Waals surface area (Å²) in [4.78, 5) is 44.5. The van der Waals surface area contributed by atoms with E-state index in [4.69, 9.17) is 4.74 Å². The summed E-state index contributed by atoms with van der Waals surface area (Å²) in [5.74, 6) is 0.315. The lowest BCUT2D eigenvalue weighted by Crippen LogP contribution is -2.54. The van der Waals surface area contributed by atoms with Crippen LogP contribution >= 0.6 is 0 Å². The average molecular weight is 461 g/mol. The van der Waals surface area contributed by atoms with Gasteiger partial charge in [-0.05, 0) is 61.6 Å². The molecule has 1 aromatic carbocycles. The van der Waals surface area contributed by atoms with E-state index in [-0.39, 0.29) is 30.4 Å². The zero-order chi connectivity index (χ0) is 23.2. The Hall–Kier alpha value is -3.26. The van der Waals surface area contributed by atoms with Crippen molar-refractivity contribution in [2.45, 2.75) is 63.1 Å². The molecule has 0 bridgehead atoms. The number of pyridine rings is 1. The molecule has 0 N–H and O–H groups in total. The highest BCUT2D eigenvalue weighted by molar-refractivity contribution is 6.04. The van der Waals surface area contributed by atoms with Crippen LogP contribution in [0, 0.1) is 0 Å². The maximum absolute atomic E-state index is 12.9. The van der Waals surface area contributed by atoms with Gasteiger partial charge in [-0.2, -0.15) is 5.01 Å². The van der Waals surface area contributed by atoms with Crippen LogP contribution in [0.5, 0.6) is 5.75 Å². The maximum Gasteiger partial charge on any atom is 0.273 e. The first kappa shape index (κ1) is 21.3. The topological polar surface area (TPSA) is 83.1 Å². The number of hydrazine groups is 1. The SMILES string of the molecule is O=C1c2ccc(O[C@@H]3CCC[C@H]3N3CC(c4ccccn4)C3)cc2CN1N1C(=O)CCCC1=O. The van der Waals surface area contributed by atoms with E-state index >= 15 is 0 Å². The third-order valence-electron chi connectivity index (χ3n) is 7.55. The van der Waals surface area contributed by atoms with Gasteiger partial charge in [-0.3, -0.25) is 24.3 Å². The third kappa shape index (κ3) is 3.66. The van der Waals surface area contributed by atoms with Gasteiger partial charge in [0.15, 0.2) is 0 Å². The van der Waals surface area contributed by atoms with Gasteiger partial charge < -0.3 is 4.74 Å². The van der Waals surface area contributed by atoms with Crippen LogP contribution in [-0.2, 0) is 16.1 Å². The van der Waals surface area contributed by atoms with Crippen LogP contribution < -0.4 is 4.74 Å². The second-order valence-corrected chi connectivity index (χ2v) is 9.69. The summed E-state index contributed by atoms with van der Waals surface area (Å²) in [5, 5.41) is 2.33. The molecule has 2 saturated heterocycles. The van der Waals surface area contributed by atoms with Crippen molar-refractivity contribution in [1.29, 1.82) is 0 Å². The number of imide groups is 1. The summed E-state index contributed by atoms with van der Waals surface area (Å²) in [5.41, 5.74) is 2.48. The lowest BCUT2D eigenvalue weighted by atomic mass is 9.93. The van der Waals surface area contributed by atoms with Crippen LogP contribution in [0.25, 0.3) is 0 Å². The second-order valence-electron chi connectivity index (χ2n) is 9.69. The highest BCUT2D eigenvalue weighted by Gasteiger charge is 2.42. The summed E-state index contributed by atoms with van der Waals surface area (Å²) >= 11 is 0. The Labute approximate surface area is 198 Å². The number of amides is 3. The largest absolute Gasteiger partial charge is 0.489 e. The molecule has 2 aromatic rings. The highest BCUT2D eigenvalue weighted by atomic mass is 16.5. The van der Waals surface area contributed by atoms with Crippen molar-refractivity contribution in [3.8, 4) is 5.75 Å². The number of ether oxygens (including phenoxy) is 1. The minimum atomic E-state index is -0.304. The Kier molecular flexibility index (Phi) is 5.32. The number of nitrogens with zero attached hydrogens (tertiary/aromatic N) is 4. The molecule has 0 radical (unpaired) electrons. The van der Waals surface area contributed by atoms with Crippen LogP contribution in [0.1, 0.15) is 66.1 Å². The molecule has 4 aliphatic rings. The van der Waals surface area contributed by atoms with Gasteiger partial charge in [-0.25, -0.2) is 5.01 Å². The Morgan fingerprint density at radius 1 is 0.941 bits per heavy atom. The number of piperidine rings is 1. The quantitative estimate of drug-likeness (QED) is 0.638. The number of carbonyl (C=O) groups excluding carboxylic acids is 3.